The van der Waals surface area contributed by atoms with Crippen LogP contribution >= 0.6 is 0 Å². The molecule has 0 aromatic rings. The number of rotatable bonds is 2. The zero-order valence-electron chi connectivity index (χ0n) is 7.49. The SMILES string of the molecule is CC1[CH]CC(N=C=O)(N=C=O)CC1. The largest absolute Gasteiger partial charge is 0.237 e. The molecule has 4 heteroatoms. The molecule has 1 aliphatic carbocycles. The molecule has 0 aromatic carbocycles. The first kappa shape index (κ1) is 9.85. The van der Waals surface area contributed by atoms with Crippen LogP contribution in [0.5, 0.6) is 0 Å². The molecule has 1 rings (SSSR count). The van der Waals surface area contributed by atoms with Crippen molar-refractivity contribution in [3.8, 4) is 0 Å². The Labute approximate surface area is 76.8 Å². The zero-order valence-corrected chi connectivity index (χ0v) is 7.49. The highest BCUT2D eigenvalue weighted by Gasteiger charge is 2.33. The molecule has 0 saturated heterocycles. The first-order valence-corrected chi connectivity index (χ1v) is 4.24. The lowest BCUT2D eigenvalue weighted by Gasteiger charge is -2.29. The van der Waals surface area contributed by atoms with Crippen LogP contribution in [0.4, 0.5) is 0 Å². The maximum atomic E-state index is 10.1. The monoisotopic (exact) mass is 179 g/mol. The minimum absolute atomic E-state index is 0.497. The lowest BCUT2D eigenvalue weighted by molar-refractivity contribution is 0.311. The number of isocyanates is 2. The topological polar surface area (TPSA) is 58.9 Å². The van der Waals surface area contributed by atoms with Crippen molar-refractivity contribution in [3.63, 3.8) is 0 Å². The molecule has 69 valence electrons. The van der Waals surface area contributed by atoms with Crippen LogP contribution in [0.1, 0.15) is 26.2 Å². The quantitative estimate of drug-likeness (QED) is 0.475. The van der Waals surface area contributed by atoms with E-state index < -0.39 is 5.66 Å². The molecule has 0 aromatic heterocycles. The van der Waals surface area contributed by atoms with Crippen molar-refractivity contribution in [1.29, 1.82) is 0 Å². The third-order valence-corrected chi connectivity index (χ3v) is 2.35. The average Bonchev–Trinajstić information content (AvgIpc) is 2.11. The molecular weight excluding hydrogens is 168 g/mol. The molecular formula is C9H11N2O2. The van der Waals surface area contributed by atoms with Crippen molar-refractivity contribution in [2.75, 3.05) is 0 Å². The third-order valence-electron chi connectivity index (χ3n) is 2.35. The maximum Gasteiger partial charge on any atom is 0.237 e. The van der Waals surface area contributed by atoms with E-state index in [0.717, 1.165) is 6.42 Å². The summed E-state index contributed by atoms with van der Waals surface area (Å²) in [4.78, 5) is 27.4. The second-order valence-electron chi connectivity index (χ2n) is 3.34. The minimum atomic E-state index is -0.893. The molecule has 4 nitrogen and oxygen atoms in total. The van der Waals surface area contributed by atoms with Crippen molar-refractivity contribution in [2.24, 2.45) is 15.9 Å². The van der Waals surface area contributed by atoms with Gasteiger partial charge in [-0.2, -0.15) is 9.98 Å². The van der Waals surface area contributed by atoms with Gasteiger partial charge in [0.25, 0.3) is 0 Å². The standard InChI is InChI=1S/C9H11N2O2/c1-8-2-4-9(5-3-8,10-6-12)11-7-13/h2,8H,3-5H2,1H3. The normalized spacial score (nSPS) is 32.8. The Morgan fingerprint density at radius 2 is 2.00 bits per heavy atom. The Morgan fingerprint density at radius 1 is 1.38 bits per heavy atom. The van der Waals surface area contributed by atoms with E-state index in [1.165, 1.54) is 12.2 Å². The summed E-state index contributed by atoms with van der Waals surface area (Å²) in [5.74, 6) is 0.497. The summed E-state index contributed by atoms with van der Waals surface area (Å²) in [6.07, 6.45) is 6.97. The van der Waals surface area contributed by atoms with E-state index in [2.05, 4.69) is 16.9 Å². The molecule has 1 fully saturated rings. The van der Waals surface area contributed by atoms with Gasteiger partial charge in [0.1, 0.15) is 0 Å². The number of nitrogens with zero attached hydrogens (tertiary/aromatic N) is 2. The second-order valence-corrected chi connectivity index (χ2v) is 3.34. The molecule has 1 saturated carbocycles. The van der Waals surface area contributed by atoms with Crippen LogP contribution in [0.15, 0.2) is 9.98 Å². The number of carbonyl (C=O) groups excluding carboxylic acids is 2. The highest BCUT2D eigenvalue weighted by Crippen LogP contribution is 2.34. The molecule has 0 bridgehead atoms. The molecule has 0 N–H and O–H groups in total. The van der Waals surface area contributed by atoms with Crippen molar-refractivity contribution in [3.05, 3.63) is 6.42 Å². The van der Waals surface area contributed by atoms with E-state index in [9.17, 15) is 9.59 Å². The van der Waals surface area contributed by atoms with Gasteiger partial charge < -0.3 is 0 Å². The summed E-state index contributed by atoms with van der Waals surface area (Å²) < 4.78 is 0. The molecule has 0 heterocycles. The fourth-order valence-electron chi connectivity index (χ4n) is 1.47. The third kappa shape index (κ3) is 2.35. The van der Waals surface area contributed by atoms with Gasteiger partial charge in [0.05, 0.1) is 0 Å². The lowest BCUT2D eigenvalue weighted by atomic mass is 9.83. The van der Waals surface area contributed by atoms with Crippen molar-refractivity contribution in [1.82, 2.24) is 0 Å². The average molecular weight is 179 g/mol. The summed E-state index contributed by atoms with van der Waals surface area (Å²) >= 11 is 0. The van der Waals surface area contributed by atoms with Gasteiger partial charge in [0.2, 0.25) is 12.2 Å². The Kier molecular flexibility index (Phi) is 3.13. The van der Waals surface area contributed by atoms with E-state index in [-0.39, 0.29) is 0 Å². The molecule has 1 unspecified atom stereocenters. The zero-order chi connectivity index (χ0) is 9.73. The van der Waals surface area contributed by atoms with Crippen LogP contribution in [-0.4, -0.2) is 17.8 Å². The van der Waals surface area contributed by atoms with Crippen molar-refractivity contribution < 1.29 is 9.59 Å². The first-order chi connectivity index (χ1) is 6.22. The van der Waals surface area contributed by atoms with E-state index >= 15 is 0 Å². The summed E-state index contributed by atoms with van der Waals surface area (Å²) in [5.41, 5.74) is -0.893. The maximum absolute atomic E-state index is 10.1. The smallest absolute Gasteiger partial charge is 0.211 e. The fourth-order valence-corrected chi connectivity index (χ4v) is 1.47. The van der Waals surface area contributed by atoms with Crippen LogP contribution in [-0.2, 0) is 9.59 Å². The fraction of sp³-hybridized carbons (Fsp3) is 0.667. The van der Waals surface area contributed by atoms with Gasteiger partial charge in [-0.05, 0) is 31.6 Å². The van der Waals surface area contributed by atoms with Gasteiger partial charge in [0, 0.05) is 0 Å². The van der Waals surface area contributed by atoms with Gasteiger partial charge >= 0.3 is 0 Å². The highest BCUT2D eigenvalue weighted by molar-refractivity contribution is 5.39. The Balaban J connectivity index is 2.80. The predicted octanol–water partition coefficient (Wildman–Crippen LogP) is 1.38. The highest BCUT2D eigenvalue weighted by atomic mass is 16.1. The Morgan fingerprint density at radius 3 is 2.38 bits per heavy atom. The molecule has 0 aliphatic heterocycles. The summed E-state index contributed by atoms with van der Waals surface area (Å²) in [7, 11) is 0. The molecule has 1 radical (unpaired) electrons. The van der Waals surface area contributed by atoms with Gasteiger partial charge in [-0.3, -0.25) is 0 Å². The van der Waals surface area contributed by atoms with Crippen molar-refractivity contribution >= 4 is 12.2 Å². The molecule has 1 atom stereocenters. The first-order valence-electron chi connectivity index (χ1n) is 4.24. The number of aliphatic imine (C=N–C) groups is 2. The summed E-state index contributed by atoms with van der Waals surface area (Å²) in [5, 5.41) is 0. The molecule has 1 aliphatic rings. The van der Waals surface area contributed by atoms with E-state index in [0.29, 0.717) is 18.8 Å². The predicted molar refractivity (Wildman–Crippen MR) is 46.3 cm³/mol. The van der Waals surface area contributed by atoms with Gasteiger partial charge in [0.15, 0.2) is 5.66 Å². The van der Waals surface area contributed by atoms with Crippen LogP contribution in [0.3, 0.4) is 0 Å². The molecule has 0 amide bonds. The number of hydrogen-bond donors (Lipinski definition) is 0. The van der Waals surface area contributed by atoms with Crippen LogP contribution in [0.25, 0.3) is 0 Å². The lowest BCUT2D eigenvalue weighted by Crippen LogP contribution is -2.29. The number of hydrogen-bond acceptors (Lipinski definition) is 4. The van der Waals surface area contributed by atoms with E-state index in [1.54, 1.807) is 0 Å². The van der Waals surface area contributed by atoms with Crippen LogP contribution in [0, 0.1) is 12.3 Å². The summed E-state index contributed by atoms with van der Waals surface area (Å²) in [6, 6.07) is 0. The van der Waals surface area contributed by atoms with Crippen molar-refractivity contribution in [2.45, 2.75) is 31.8 Å². The summed E-state index contributed by atoms with van der Waals surface area (Å²) in [6.45, 7) is 2.08. The van der Waals surface area contributed by atoms with Crippen LogP contribution < -0.4 is 0 Å². The molecule has 13 heavy (non-hydrogen) atoms. The van der Waals surface area contributed by atoms with Gasteiger partial charge in [-0.25, -0.2) is 9.59 Å². The Hall–Kier alpha value is -1.24. The van der Waals surface area contributed by atoms with Gasteiger partial charge in [-0.15, -0.1) is 0 Å². The molecule has 0 spiro atoms. The second kappa shape index (κ2) is 4.13. The van der Waals surface area contributed by atoms with E-state index in [1.807, 2.05) is 6.42 Å². The Bertz CT molecular complexity index is 247. The van der Waals surface area contributed by atoms with E-state index in [4.69, 9.17) is 0 Å². The van der Waals surface area contributed by atoms with Gasteiger partial charge in [-0.1, -0.05) is 6.92 Å². The van der Waals surface area contributed by atoms with Crippen LogP contribution in [0.2, 0.25) is 0 Å². The minimum Gasteiger partial charge on any atom is -0.211 e.